The van der Waals surface area contributed by atoms with E-state index in [9.17, 15) is 0 Å². The molecule has 2 unspecified atom stereocenters. The van der Waals surface area contributed by atoms with Crippen LogP contribution in [0.3, 0.4) is 0 Å². The third kappa shape index (κ3) is 3.57. The molecule has 1 N–H and O–H groups in total. The molecular formula is C16H25N. The molecule has 0 saturated heterocycles. The van der Waals surface area contributed by atoms with Crippen LogP contribution in [0.2, 0.25) is 0 Å². The molecular weight excluding hydrogens is 206 g/mol. The Bertz CT molecular complexity index is 316. The lowest BCUT2D eigenvalue weighted by Gasteiger charge is -2.30. The molecule has 0 aliphatic heterocycles. The SMILES string of the molecule is CCC(NC(C)CC1CCC1)c1ccccc1. The fourth-order valence-electron chi connectivity index (χ4n) is 2.78. The highest BCUT2D eigenvalue weighted by Crippen LogP contribution is 2.31. The maximum absolute atomic E-state index is 3.78. The Balaban J connectivity index is 1.86. The molecule has 1 aliphatic carbocycles. The van der Waals surface area contributed by atoms with E-state index in [0.29, 0.717) is 12.1 Å². The zero-order valence-corrected chi connectivity index (χ0v) is 11.2. The molecule has 94 valence electrons. The molecule has 1 heteroatoms. The van der Waals surface area contributed by atoms with Crippen molar-refractivity contribution in [3.63, 3.8) is 0 Å². The van der Waals surface area contributed by atoms with Gasteiger partial charge in [-0.15, -0.1) is 0 Å². The maximum atomic E-state index is 3.78. The van der Waals surface area contributed by atoms with Crippen LogP contribution in [0.1, 0.15) is 57.6 Å². The topological polar surface area (TPSA) is 12.0 Å². The van der Waals surface area contributed by atoms with E-state index in [1.54, 1.807) is 0 Å². The van der Waals surface area contributed by atoms with Gasteiger partial charge < -0.3 is 5.32 Å². The number of hydrogen-bond donors (Lipinski definition) is 1. The summed E-state index contributed by atoms with van der Waals surface area (Å²) in [7, 11) is 0. The monoisotopic (exact) mass is 231 g/mol. The van der Waals surface area contributed by atoms with E-state index in [-0.39, 0.29) is 0 Å². The van der Waals surface area contributed by atoms with E-state index < -0.39 is 0 Å². The van der Waals surface area contributed by atoms with E-state index in [1.807, 2.05) is 0 Å². The van der Waals surface area contributed by atoms with E-state index in [4.69, 9.17) is 0 Å². The van der Waals surface area contributed by atoms with Gasteiger partial charge in [0.1, 0.15) is 0 Å². The van der Waals surface area contributed by atoms with Crippen molar-refractivity contribution in [2.24, 2.45) is 5.92 Å². The molecule has 1 nitrogen and oxygen atoms in total. The molecule has 17 heavy (non-hydrogen) atoms. The molecule has 2 atom stereocenters. The molecule has 1 aromatic rings. The minimum absolute atomic E-state index is 0.520. The smallest absolute Gasteiger partial charge is 0.0319 e. The van der Waals surface area contributed by atoms with Crippen LogP contribution in [0.5, 0.6) is 0 Å². The third-order valence-corrected chi connectivity index (χ3v) is 4.01. The first-order valence-corrected chi connectivity index (χ1v) is 7.10. The lowest BCUT2D eigenvalue weighted by atomic mass is 9.81. The average molecular weight is 231 g/mol. The second kappa shape index (κ2) is 6.20. The van der Waals surface area contributed by atoms with E-state index >= 15 is 0 Å². The lowest BCUT2D eigenvalue weighted by molar-refractivity contribution is 0.256. The van der Waals surface area contributed by atoms with E-state index in [2.05, 4.69) is 49.5 Å². The maximum Gasteiger partial charge on any atom is 0.0319 e. The van der Waals surface area contributed by atoms with Crippen molar-refractivity contribution in [3.8, 4) is 0 Å². The highest BCUT2D eigenvalue weighted by Gasteiger charge is 2.21. The minimum atomic E-state index is 0.520. The molecule has 1 aromatic carbocycles. The van der Waals surface area contributed by atoms with Crippen LogP contribution in [0, 0.1) is 5.92 Å². The fraction of sp³-hybridized carbons (Fsp3) is 0.625. The first-order chi connectivity index (χ1) is 8.29. The number of rotatable bonds is 6. The van der Waals surface area contributed by atoms with Crippen molar-refractivity contribution in [1.82, 2.24) is 5.32 Å². The summed E-state index contributed by atoms with van der Waals surface area (Å²) in [6.07, 6.45) is 6.87. The summed E-state index contributed by atoms with van der Waals surface area (Å²) in [5.74, 6) is 0.991. The van der Waals surface area contributed by atoms with Gasteiger partial charge in [0.05, 0.1) is 0 Å². The Kier molecular flexibility index (Phi) is 4.61. The van der Waals surface area contributed by atoms with Gasteiger partial charge in [-0.2, -0.15) is 0 Å². The van der Waals surface area contributed by atoms with Crippen LogP contribution in [0.4, 0.5) is 0 Å². The number of nitrogens with one attached hydrogen (secondary N) is 1. The van der Waals surface area contributed by atoms with Gasteiger partial charge >= 0.3 is 0 Å². The summed E-state index contributed by atoms with van der Waals surface area (Å²) in [6.45, 7) is 4.60. The molecule has 2 rings (SSSR count). The summed E-state index contributed by atoms with van der Waals surface area (Å²) in [4.78, 5) is 0. The van der Waals surface area contributed by atoms with Gasteiger partial charge in [-0.3, -0.25) is 0 Å². The van der Waals surface area contributed by atoms with Gasteiger partial charge in [-0.05, 0) is 31.2 Å². The molecule has 0 aromatic heterocycles. The van der Waals surface area contributed by atoms with Gasteiger partial charge in [-0.1, -0.05) is 56.5 Å². The van der Waals surface area contributed by atoms with E-state index in [1.165, 1.54) is 37.7 Å². The van der Waals surface area contributed by atoms with Crippen molar-refractivity contribution < 1.29 is 0 Å². The molecule has 0 heterocycles. The second-order valence-corrected chi connectivity index (χ2v) is 5.47. The van der Waals surface area contributed by atoms with Crippen LogP contribution in [0.15, 0.2) is 30.3 Å². The highest BCUT2D eigenvalue weighted by molar-refractivity contribution is 5.18. The first kappa shape index (κ1) is 12.6. The Morgan fingerprint density at radius 3 is 2.47 bits per heavy atom. The summed E-state index contributed by atoms with van der Waals surface area (Å²) in [5, 5.41) is 3.78. The third-order valence-electron chi connectivity index (χ3n) is 4.01. The fourth-order valence-corrected chi connectivity index (χ4v) is 2.78. The molecule has 0 radical (unpaired) electrons. The van der Waals surface area contributed by atoms with Crippen LogP contribution in [-0.2, 0) is 0 Å². The summed E-state index contributed by atoms with van der Waals surface area (Å²) >= 11 is 0. The molecule has 0 amide bonds. The van der Waals surface area contributed by atoms with Gasteiger partial charge in [0.2, 0.25) is 0 Å². The second-order valence-electron chi connectivity index (χ2n) is 5.47. The minimum Gasteiger partial charge on any atom is -0.307 e. The van der Waals surface area contributed by atoms with Crippen molar-refractivity contribution >= 4 is 0 Å². The Morgan fingerprint density at radius 1 is 1.24 bits per heavy atom. The molecule has 1 saturated carbocycles. The predicted octanol–water partition coefficient (Wildman–Crippen LogP) is 4.31. The predicted molar refractivity (Wildman–Crippen MR) is 74.0 cm³/mol. The molecule has 0 bridgehead atoms. The quantitative estimate of drug-likeness (QED) is 0.769. The molecule has 1 fully saturated rings. The normalized spacial score (nSPS) is 19.6. The van der Waals surface area contributed by atoms with Gasteiger partial charge in [-0.25, -0.2) is 0 Å². The van der Waals surface area contributed by atoms with E-state index in [0.717, 1.165) is 5.92 Å². The van der Waals surface area contributed by atoms with Gasteiger partial charge in [0.15, 0.2) is 0 Å². The summed E-state index contributed by atoms with van der Waals surface area (Å²) in [6, 6.07) is 12.0. The van der Waals surface area contributed by atoms with Crippen LogP contribution < -0.4 is 5.32 Å². The first-order valence-electron chi connectivity index (χ1n) is 7.10. The molecule has 1 aliphatic rings. The summed E-state index contributed by atoms with van der Waals surface area (Å²) in [5.41, 5.74) is 1.43. The van der Waals surface area contributed by atoms with Crippen molar-refractivity contribution in [3.05, 3.63) is 35.9 Å². The van der Waals surface area contributed by atoms with Crippen LogP contribution in [-0.4, -0.2) is 6.04 Å². The van der Waals surface area contributed by atoms with Crippen molar-refractivity contribution in [1.29, 1.82) is 0 Å². The average Bonchev–Trinajstić information content (AvgIpc) is 2.32. The highest BCUT2D eigenvalue weighted by atomic mass is 14.9. The Labute approximate surface area is 106 Å². The zero-order valence-electron chi connectivity index (χ0n) is 11.2. The largest absolute Gasteiger partial charge is 0.307 e. The Morgan fingerprint density at radius 2 is 1.94 bits per heavy atom. The number of hydrogen-bond acceptors (Lipinski definition) is 1. The van der Waals surface area contributed by atoms with Gasteiger partial charge in [0, 0.05) is 12.1 Å². The zero-order chi connectivity index (χ0) is 12.1. The lowest BCUT2D eigenvalue weighted by Crippen LogP contribution is -2.33. The van der Waals surface area contributed by atoms with Crippen LogP contribution >= 0.6 is 0 Å². The Hall–Kier alpha value is -0.820. The number of benzene rings is 1. The molecule has 0 spiro atoms. The van der Waals surface area contributed by atoms with Crippen molar-refractivity contribution in [2.75, 3.05) is 0 Å². The van der Waals surface area contributed by atoms with Crippen LogP contribution in [0.25, 0.3) is 0 Å². The van der Waals surface area contributed by atoms with Gasteiger partial charge in [0.25, 0.3) is 0 Å². The van der Waals surface area contributed by atoms with Crippen molar-refractivity contribution in [2.45, 2.75) is 58.0 Å². The summed E-state index contributed by atoms with van der Waals surface area (Å²) < 4.78 is 0. The standard InChI is InChI=1S/C16H25N/c1-3-16(15-10-5-4-6-11-15)17-13(2)12-14-8-7-9-14/h4-6,10-11,13-14,16-17H,3,7-9,12H2,1-2H3.